The molecule has 0 fully saturated rings. The highest BCUT2D eigenvalue weighted by molar-refractivity contribution is 5.68. The first kappa shape index (κ1) is 10.9. The second-order valence-electron chi connectivity index (χ2n) is 1.09. The molecule has 0 radical (unpaired) electrons. The van der Waals surface area contributed by atoms with Crippen molar-refractivity contribution in [3.05, 3.63) is 11.8 Å². The summed E-state index contributed by atoms with van der Waals surface area (Å²) in [4.78, 5) is 0. The molecule has 0 bridgehead atoms. The molecule has 0 aliphatic heterocycles. The fourth-order valence-corrected chi connectivity index (χ4v) is 0.158. The number of hydrogen-bond acceptors (Lipinski definition) is 3. The molecule has 0 aliphatic carbocycles. The van der Waals surface area contributed by atoms with E-state index in [1.54, 1.807) is 6.92 Å². The summed E-state index contributed by atoms with van der Waals surface area (Å²) >= 11 is 0. The summed E-state index contributed by atoms with van der Waals surface area (Å²) < 4.78 is 0. The van der Waals surface area contributed by atoms with E-state index in [2.05, 4.69) is 5.11 Å². The minimum absolute atomic E-state index is 0.551. The molecular weight excluding hydrogens is 114 g/mol. The van der Waals surface area contributed by atoms with Crippen LogP contribution in [-0.4, -0.2) is 6.21 Å². The Kier molecular flexibility index (Phi) is 12.2. The van der Waals surface area contributed by atoms with Crippen molar-refractivity contribution in [1.29, 1.82) is 10.9 Å². The summed E-state index contributed by atoms with van der Waals surface area (Å²) in [5.74, 6) is 0. The number of nitrogens with zero attached hydrogens (tertiary/aromatic N) is 1. The van der Waals surface area contributed by atoms with Crippen molar-refractivity contribution in [2.45, 2.75) is 20.8 Å². The van der Waals surface area contributed by atoms with Gasteiger partial charge in [-0.05, 0) is 13.0 Å². The highest BCUT2D eigenvalue weighted by Gasteiger charge is 1.72. The van der Waals surface area contributed by atoms with E-state index in [4.69, 9.17) is 10.9 Å². The first-order valence-corrected chi connectivity index (χ1v) is 2.86. The monoisotopic (exact) mass is 127 g/mol. The summed E-state index contributed by atoms with van der Waals surface area (Å²) in [6.07, 6.45) is 2.56. The Bertz CT molecular complexity index is 105. The lowest BCUT2D eigenvalue weighted by atomic mass is 10.5. The van der Waals surface area contributed by atoms with Crippen LogP contribution in [0.4, 0.5) is 0 Å². The van der Waals surface area contributed by atoms with Gasteiger partial charge in [0.1, 0.15) is 0 Å². The number of rotatable bonds is 2. The Morgan fingerprint density at radius 2 is 1.89 bits per heavy atom. The normalized spacial score (nSPS) is 9.00. The summed E-state index contributed by atoms with van der Waals surface area (Å²) in [5.41, 5.74) is 6.92. The average Bonchev–Trinajstić information content (AvgIpc) is 1.93. The van der Waals surface area contributed by atoms with Crippen LogP contribution in [0.1, 0.15) is 20.8 Å². The number of hydrogen-bond donors (Lipinski definition) is 2. The van der Waals surface area contributed by atoms with E-state index in [9.17, 15) is 0 Å². The summed E-state index contributed by atoms with van der Waals surface area (Å²) in [6, 6.07) is 0. The maximum Gasteiger partial charge on any atom is 0.0607 e. The molecule has 52 valence electrons. The topological polar surface area (TPSA) is 60.1 Å². The van der Waals surface area contributed by atoms with Crippen molar-refractivity contribution in [1.82, 2.24) is 0 Å². The van der Waals surface area contributed by atoms with Crippen LogP contribution in [0.2, 0.25) is 0 Å². The zero-order chi connectivity index (χ0) is 7.70. The van der Waals surface area contributed by atoms with Gasteiger partial charge in [-0.2, -0.15) is 5.11 Å². The van der Waals surface area contributed by atoms with E-state index < -0.39 is 0 Å². The molecule has 0 saturated heterocycles. The van der Waals surface area contributed by atoms with Gasteiger partial charge in [0.2, 0.25) is 0 Å². The van der Waals surface area contributed by atoms with Gasteiger partial charge in [-0.3, -0.25) is 0 Å². The Labute approximate surface area is 55.8 Å². The minimum atomic E-state index is 0.551. The summed E-state index contributed by atoms with van der Waals surface area (Å²) in [7, 11) is 0. The molecule has 0 amide bonds. The van der Waals surface area contributed by atoms with Gasteiger partial charge >= 0.3 is 0 Å². The largest absolute Gasteiger partial charge is 0.309 e. The van der Waals surface area contributed by atoms with Crippen LogP contribution in [0.15, 0.2) is 16.9 Å². The predicted molar refractivity (Wildman–Crippen MR) is 39.0 cm³/mol. The Morgan fingerprint density at radius 3 is 2.00 bits per heavy atom. The van der Waals surface area contributed by atoms with E-state index in [0.717, 1.165) is 6.21 Å². The van der Waals surface area contributed by atoms with Crippen molar-refractivity contribution in [2.24, 2.45) is 5.11 Å². The molecule has 0 saturated carbocycles. The maximum absolute atomic E-state index is 6.49. The number of allylic oxidation sites excluding steroid dienone is 2. The number of nitrogens with one attached hydrogen (secondary N) is 2. The molecule has 0 rings (SSSR count). The highest BCUT2D eigenvalue weighted by Crippen LogP contribution is 1.87. The second kappa shape index (κ2) is 10.1. The lowest BCUT2D eigenvalue weighted by Gasteiger charge is -1.77. The van der Waals surface area contributed by atoms with E-state index in [1.165, 1.54) is 6.08 Å². The van der Waals surface area contributed by atoms with Gasteiger partial charge in [-0.25, -0.2) is 5.53 Å². The fourth-order valence-electron chi connectivity index (χ4n) is 0.158. The Morgan fingerprint density at radius 1 is 1.44 bits per heavy atom. The molecule has 9 heavy (non-hydrogen) atoms. The van der Waals surface area contributed by atoms with Crippen LogP contribution < -0.4 is 0 Å². The standard InChI is InChI=1S/C4H7N3.C2H6/c1-4(7-6)2-3-5;1-2/h2-3,5-6H,1H3;1-2H3/b4-2-,5-3?,7-6?;. The van der Waals surface area contributed by atoms with Crippen LogP contribution in [0.5, 0.6) is 0 Å². The quantitative estimate of drug-likeness (QED) is 0.423. The van der Waals surface area contributed by atoms with E-state index >= 15 is 0 Å². The van der Waals surface area contributed by atoms with E-state index in [-0.39, 0.29) is 0 Å². The van der Waals surface area contributed by atoms with Crippen molar-refractivity contribution in [3.8, 4) is 0 Å². The van der Waals surface area contributed by atoms with Crippen molar-refractivity contribution < 1.29 is 0 Å². The first-order chi connectivity index (χ1) is 4.31. The molecule has 0 atom stereocenters. The second-order valence-corrected chi connectivity index (χ2v) is 1.09. The third kappa shape index (κ3) is 10.9. The van der Waals surface area contributed by atoms with Gasteiger partial charge < -0.3 is 5.41 Å². The third-order valence-corrected chi connectivity index (χ3v) is 0.501. The van der Waals surface area contributed by atoms with Crippen LogP contribution in [0.25, 0.3) is 0 Å². The smallest absolute Gasteiger partial charge is 0.0607 e. The van der Waals surface area contributed by atoms with Crippen LogP contribution >= 0.6 is 0 Å². The lowest BCUT2D eigenvalue weighted by Crippen LogP contribution is -1.64. The molecule has 0 aromatic rings. The van der Waals surface area contributed by atoms with Crippen molar-refractivity contribution in [2.75, 3.05) is 0 Å². The highest BCUT2D eigenvalue weighted by atomic mass is 15.0. The SMILES string of the molecule is C/C(=C/C=N)N=N.CC. The Balaban J connectivity index is 0. The van der Waals surface area contributed by atoms with Gasteiger partial charge in [-0.15, -0.1) is 0 Å². The molecule has 2 N–H and O–H groups in total. The molecular formula is C6H13N3. The maximum atomic E-state index is 6.49. The van der Waals surface area contributed by atoms with Gasteiger partial charge in [0.25, 0.3) is 0 Å². The fraction of sp³-hybridized carbons (Fsp3) is 0.500. The third-order valence-electron chi connectivity index (χ3n) is 0.501. The zero-order valence-electron chi connectivity index (χ0n) is 6.10. The van der Waals surface area contributed by atoms with E-state index in [0.29, 0.717) is 5.70 Å². The average molecular weight is 127 g/mol. The molecule has 3 heteroatoms. The first-order valence-electron chi connectivity index (χ1n) is 2.86. The Hall–Kier alpha value is -0.990. The van der Waals surface area contributed by atoms with Gasteiger partial charge in [0.15, 0.2) is 0 Å². The van der Waals surface area contributed by atoms with Crippen LogP contribution in [-0.2, 0) is 0 Å². The lowest BCUT2D eigenvalue weighted by molar-refractivity contribution is 1.06. The van der Waals surface area contributed by atoms with Crippen LogP contribution in [0.3, 0.4) is 0 Å². The van der Waals surface area contributed by atoms with E-state index in [1.807, 2.05) is 13.8 Å². The molecule has 0 unspecified atom stereocenters. The molecule has 0 aromatic carbocycles. The minimum Gasteiger partial charge on any atom is -0.309 e. The predicted octanol–water partition coefficient (Wildman–Crippen LogP) is 2.60. The summed E-state index contributed by atoms with van der Waals surface area (Å²) in [5, 5.41) is 9.53. The molecule has 0 aliphatic rings. The molecule has 0 heterocycles. The van der Waals surface area contributed by atoms with Crippen molar-refractivity contribution in [3.63, 3.8) is 0 Å². The molecule has 0 aromatic heterocycles. The molecule has 0 spiro atoms. The van der Waals surface area contributed by atoms with Gasteiger partial charge in [-0.1, -0.05) is 13.8 Å². The summed E-state index contributed by atoms with van der Waals surface area (Å²) in [6.45, 7) is 5.66. The van der Waals surface area contributed by atoms with Gasteiger partial charge in [0, 0.05) is 6.21 Å². The molecule has 3 nitrogen and oxygen atoms in total. The van der Waals surface area contributed by atoms with Crippen LogP contribution in [0, 0.1) is 10.9 Å². The zero-order valence-corrected chi connectivity index (χ0v) is 6.10. The van der Waals surface area contributed by atoms with Gasteiger partial charge in [0.05, 0.1) is 5.70 Å². The van der Waals surface area contributed by atoms with Crippen molar-refractivity contribution >= 4 is 6.21 Å².